The summed E-state index contributed by atoms with van der Waals surface area (Å²) in [6.07, 6.45) is 8.24. The summed E-state index contributed by atoms with van der Waals surface area (Å²) in [5.74, 6) is 0. The second kappa shape index (κ2) is 1.75. The van der Waals surface area contributed by atoms with Gasteiger partial charge < -0.3 is 4.74 Å². The van der Waals surface area contributed by atoms with Gasteiger partial charge in [0, 0.05) is 5.41 Å². The summed E-state index contributed by atoms with van der Waals surface area (Å²) in [5, 5.41) is 0. The van der Waals surface area contributed by atoms with Gasteiger partial charge in [-0.15, -0.1) is 0 Å². The van der Waals surface area contributed by atoms with Crippen LogP contribution in [0.15, 0.2) is 0 Å². The van der Waals surface area contributed by atoms with Crippen molar-refractivity contribution in [1.29, 1.82) is 0 Å². The van der Waals surface area contributed by atoms with Crippen LogP contribution in [0, 0.1) is 5.41 Å². The topological polar surface area (TPSA) is 12.5 Å². The third-order valence-electron chi connectivity index (χ3n) is 4.94. The van der Waals surface area contributed by atoms with Crippen molar-refractivity contribution >= 4 is 0 Å². The molecule has 2 aliphatic carbocycles. The molecule has 1 heterocycles. The summed E-state index contributed by atoms with van der Waals surface area (Å²) < 4.78 is 5.93. The van der Waals surface area contributed by atoms with E-state index < -0.39 is 0 Å². The van der Waals surface area contributed by atoms with E-state index in [0.717, 1.165) is 0 Å². The minimum atomic E-state index is 0.380. The van der Waals surface area contributed by atoms with Crippen LogP contribution in [0.4, 0.5) is 0 Å². The van der Waals surface area contributed by atoms with E-state index in [1.165, 1.54) is 38.5 Å². The molecule has 0 radical (unpaired) electrons. The fourth-order valence-corrected chi connectivity index (χ4v) is 3.88. The summed E-state index contributed by atoms with van der Waals surface area (Å²) in [5.41, 5.74) is 1.33. The van der Waals surface area contributed by atoms with Crippen molar-refractivity contribution in [2.24, 2.45) is 5.41 Å². The molecule has 3 rings (SSSR count). The summed E-state index contributed by atoms with van der Waals surface area (Å²) in [7, 11) is 0. The second-order valence-electron chi connectivity index (χ2n) is 5.00. The number of hydrogen-bond acceptors (Lipinski definition) is 1. The molecule has 2 unspecified atom stereocenters. The van der Waals surface area contributed by atoms with Crippen molar-refractivity contribution in [1.82, 2.24) is 0 Å². The molecular weight excluding hydrogens is 148 g/mol. The van der Waals surface area contributed by atoms with E-state index >= 15 is 0 Å². The molecule has 0 spiro atoms. The zero-order valence-corrected chi connectivity index (χ0v) is 8.15. The van der Waals surface area contributed by atoms with E-state index in [9.17, 15) is 0 Å². The van der Waals surface area contributed by atoms with E-state index in [-0.39, 0.29) is 0 Å². The van der Waals surface area contributed by atoms with Gasteiger partial charge in [-0.25, -0.2) is 0 Å². The fourth-order valence-electron chi connectivity index (χ4n) is 3.88. The molecule has 0 aromatic heterocycles. The van der Waals surface area contributed by atoms with Crippen LogP contribution in [0.25, 0.3) is 0 Å². The molecule has 3 fully saturated rings. The first-order valence-electron chi connectivity index (χ1n) is 5.43. The van der Waals surface area contributed by atoms with E-state index in [2.05, 4.69) is 13.8 Å². The van der Waals surface area contributed by atoms with Crippen LogP contribution >= 0.6 is 0 Å². The van der Waals surface area contributed by atoms with Gasteiger partial charge in [0.2, 0.25) is 0 Å². The van der Waals surface area contributed by atoms with Crippen molar-refractivity contribution in [2.45, 2.75) is 63.6 Å². The molecule has 12 heavy (non-hydrogen) atoms. The monoisotopic (exact) mass is 166 g/mol. The van der Waals surface area contributed by atoms with Crippen LogP contribution in [0.3, 0.4) is 0 Å². The Bertz CT molecular complexity index is 217. The molecule has 1 aliphatic heterocycles. The molecule has 2 saturated carbocycles. The molecule has 0 aromatic rings. The highest BCUT2D eigenvalue weighted by molar-refractivity contribution is 5.46. The average Bonchev–Trinajstić information content (AvgIpc) is 2.83. The highest BCUT2D eigenvalue weighted by Gasteiger charge is 2.99. The van der Waals surface area contributed by atoms with Crippen LogP contribution in [-0.2, 0) is 4.74 Å². The first kappa shape index (κ1) is 7.37. The quantitative estimate of drug-likeness (QED) is 0.546. The minimum Gasteiger partial charge on any atom is -0.361 e. The Morgan fingerprint density at radius 1 is 1.08 bits per heavy atom. The third kappa shape index (κ3) is 0.454. The summed E-state index contributed by atoms with van der Waals surface area (Å²) in [6, 6.07) is 0. The fraction of sp³-hybridized carbons (Fsp3) is 1.00. The molecule has 2 atom stereocenters. The number of epoxide rings is 1. The summed E-state index contributed by atoms with van der Waals surface area (Å²) >= 11 is 0. The Morgan fingerprint density at radius 2 is 1.67 bits per heavy atom. The van der Waals surface area contributed by atoms with Gasteiger partial charge in [0.15, 0.2) is 0 Å². The molecule has 0 N–H and O–H groups in total. The number of ether oxygens (including phenoxy) is 1. The number of hydrogen-bond donors (Lipinski definition) is 0. The highest BCUT2D eigenvalue weighted by Crippen LogP contribution is 2.88. The van der Waals surface area contributed by atoms with Gasteiger partial charge in [0.05, 0.1) is 0 Å². The maximum Gasteiger partial charge on any atom is 0.107 e. The van der Waals surface area contributed by atoms with Gasteiger partial charge in [0.1, 0.15) is 11.2 Å². The van der Waals surface area contributed by atoms with Gasteiger partial charge in [-0.05, 0) is 19.3 Å². The lowest BCUT2D eigenvalue weighted by molar-refractivity contribution is 0.0200. The smallest absolute Gasteiger partial charge is 0.107 e. The van der Waals surface area contributed by atoms with Gasteiger partial charge in [-0.3, -0.25) is 0 Å². The van der Waals surface area contributed by atoms with Crippen molar-refractivity contribution < 1.29 is 4.74 Å². The van der Waals surface area contributed by atoms with E-state index in [1.54, 1.807) is 0 Å². The van der Waals surface area contributed by atoms with Gasteiger partial charge in [-0.2, -0.15) is 0 Å². The predicted molar refractivity (Wildman–Crippen MR) is 48.0 cm³/mol. The second-order valence-corrected chi connectivity index (χ2v) is 5.00. The largest absolute Gasteiger partial charge is 0.361 e. The van der Waals surface area contributed by atoms with E-state index in [0.29, 0.717) is 16.6 Å². The molecule has 0 aromatic carbocycles. The van der Waals surface area contributed by atoms with Crippen LogP contribution in [-0.4, -0.2) is 11.2 Å². The molecule has 3 aliphatic rings. The molecule has 1 saturated heterocycles. The Balaban J connectivity index is 1.91. The molecule has 1 heteroatoms. The van der Waals surface area contributed by atoms with Gasteiger partial charge >= 0.3 is 0 Å². The highest BCUT2D eigenvalue weighted by atomic mass is 16.7. The zero-order chi connectivity index (χ0) is 8.45. The predicted octanol–water partition coefficient (Wildman–Crippen LogP) is 2.89. The minimum absolute atomic E-state index is 0.380. The number of rotatable bonds is 1. The van der Waals surface area contributed by atoms with Crippen LogP contribution in [0.1, 0.15) is 52.4 Å². The molecule has 0 amide bonds. The van der Waals surface area contributed by atoms with Gasteiger partial charge in [-0.1, -0.05) is 33.1 Å². The lowest BCUT2D eigenvalue weighted by atomic mass is 9.91. The summed E-state index contributed by atoms with van der Waals surface area (Å²) in [6.45, 7) is 4.75. The van der Waals surface area contributed by atoms with Crippen LogP contribution in [0.5, 0.6) is 0 Å². The molecule has 1 nitrogen and oxygen atoms in total. The SMILES string of the molecule is CCC1(C)C23CCCCCC12O3. The molecular formula is C11H18O. The maximum atomic E-state index is 5.93. The molecule has 0 bridgehead atoms. The van der Waals surface area contributed by atoms with Crippen LogP contribution < -0.4 is 0 Å². The maximum absolute atomic E-state index is 5.93. The average molecular weight is 166 g/mol. The van der Waals surface area contributed by atoms with Crippen LogP contribution in [0.2, 0.25) is 0 Å². The zero-order valence-electron chi connectivity index (χ0n) is 8.15. The van der Waals surface area contributed by atoms with Crippen molar-refractivity contribution in [2.75, 3.05) is 0 Å². The van der Waals surface area contributed by atoms with Gasteiger partial charge in [0.25, 0.3) is 0 Å². The van der Waals surface area contributed by atoms with Crippen molar-refractivity contribution in [3.63, 3.8) is 0 Å². The Morgan fingerprint density at radius 3 is 2.17 bits per heavy atom. The summed E-state index contributed by atoms with van der Waals surface area (Å²) in [4.78, 5) is 0. The van der Waals surface area contributed by atoms with Crippen molar-refractivity contribution in [3.05, 3.63) is 0 Å². The first-order chi connectivity index (χ1) is 5.72. The standard InChI is InChI=1S/C11H18O/c1-3-9(2)10-7-5-4-6-8-11(9,10)12-10/h3-8H2,1-2H3. The Labute approximate surface area is 74.5 Å². The van der Waals surface area contributed by atoms with Crippen molar-refractivity contribution in [3.8, 4) is 0 Å². The first-order valence-corrected chi connectivity index (χ1v) is 5.43. The Kier molecular flexibility index (Phi) is 1.07. The van der Waals surface area contributed by atoms with E-state index in [1.807, 2.05) is 0 Å². The molecule has 68 valence electrons. The third-order valence-corrected chi connectivity index (χ3v) is 4.94. The lowest BCUT2D eigenvalue weighted by Gasteiger charge is -2.25. The normalized spacial score (nSPS) is 61.5. The Hall–Kier alpha value is -0.0400. The lowest BCUT2D eigenvalue weighted by Crippen LogP contribution is -2.24. The van der Waals surface area contributed by atoms with E-state index in [4.69, 9.17) is 4.74 Å².